The first-order chi connectivity index (χ1) is 13.4. The summed E-state index contributed by atoms with van der Waals surface area (Å²) in [7, 11) is -1.93. The third-order valence-electron chi connectivity index (χ3n) is 4.77. The molecule has 0 bridgehead atoms. The average molecular weight is 397 g/mol. The summed E-state index contributed by atoms with van der Waals surface area (Å²) in [6.45, 7) is 2.10. The van der Waals surface area contributed by atoms with Gasteiger partial charge in [0.1, 0.15) is 17.1 Å². The number of carbonyl (C=O) groups is 1. The second-order valence-electron chi connectivity index (χ2n) is 6.56. The smallest absolute Gasteiger partial charge is 0.274 e. The topological polar surface area (TPSA) is 90.3 Å². The molecule has 1 amide bonds. The molecule has 0 radical (unpaired) electrons. The normalized spacial score (nSPS) is 14.5. The van der Waals surface area contributed by atoms with E-state index in [0.29, 0.717) is 22.7 Å². The molecule has 0 unspecified atom stereocenters. The van der Waals surface area contributed by atoms with E-state index in [9.17, 15) is 13.2 Å². The minimum atomic E-state index is -3.50. The van der Waals surface area contributed by atoms with E-state index in [1.54, 1.807) is 37.4 Å². The number of ether oxygens (including phenoxy) is 1. The van der Waals surface area contributed by atoms with Crippen molar-refractivity contribution in [2.45, 2.75) is 18.6 Å². The van der Waals surface area contributed by atoms with Gasteiger partial charge in [0.25, 0.3) is 5.91 Å². The van der Waals surface area contributed by atoms with E-state index in [2.05, 4.69) is 10.3 Å². The van der Waals surface area contributed by atoms with Gasteiger partial charge in [-0.05, 0) is 42.8 Å². The second kappa shape index (κ2) is 6.79. The van der Waals surface area contributed by atoms with Crippen LogP contribution in [-0.4, -0.2) is 36.7 Å². The van der Waals surface area contributed by atoms with Crippen LogP contribution in [0, 0.1) is 6.92 Å². The van der Waals surface area contributed by atoms with Crippen LogP contribution in [0.3, 0.4) is 0 Å². The number of sulfone groups is 1. The molecule has 144 valence electrons. The van der Waals surface area contributed by atoms with E-state index in [1.165, 1.54) is 4.57 Å². The lowest BCUT2D eigenvalue weighted by molar-refractivity contribution is 0.101. The highest BCUT2D eigenvalue weighted by Gasteiger charge is 2.35. The molecule has 0 fully saturated rings. The average Bonchev–Trinajstić information content (AvgIpc) is 3.21. The van der Waals surface area contributed by atoms with Gasteiger partial charge in [0.05, 0.1) is 12.9 Å². The van der Waals surface area contributed by atoms with E-state index in [0.717, 1.165) is 5.56 Å². The van der Waals surface area contributed by atoms with E-state index in [1.807, 2.05) is 25.1 Å². The maximum Gasteiger partial charge on any atom is 0.274 e. The summed E-state index contributed by atoms with van der Waals surface area (Å²) in [5.74, 6) is 0.216. The van der Waals surface area contributed by atoms with Crippen LogP contribution < -0.4 is 10.1 Å². The van der Waals surface area contributed by atoms with Gasteiger partial charge in [-0.3, -0.25) is 4.79 Å². The minimum Gasteiger partial charge on any atom is -0.497 e. The number of amides is 1. The predicted molar refractivity (Wildman–Crippen MR) is 105 cm³/mol. The highest BCUT2D eigenvalue weighted by atomic mass is 32.2. The molecule has 3 aromatic rings. The fraction of sp³-hybridized carbons (Fsp3) is 0.200. The molecular formula is C20H19N3O4S. The summed E-state index contributed by atoms with van der Waals surface area (Å²) in [5.41, 5.74) is 2.81. The fourth-order valence-corrected chi connectivity index (χ4v) is 4.61. The quantitative estimate of drug-likeness (QED) is 0.731. The molecule has 0 spiro atoms. The summed E-state index contributed by atoms with van der Waals surface area (Å²) < 4.78 is 31.4. The number of para-hydroxylation sites is 1. The molecule has 0 saturated heterocycles. The highest BCUT2D eigenvalue weighted by Crippen LogP contribution is 2.32. The van der Waals surface area contributed by atoms with Crippen LogP contribution in [0.15, 0.2) is 53.7 Å². The van der Waals surface area contributed by atoms with E-state index in [-0.39, 0.29) is 23.1 Å². The lowest BCUT2D eigenvalue weighted by atomic mass is 10.1. The Morgan fingerprint density at radius 2 is 1.86 bits per heavy atom. The van der Waals surface area contributed by atoms with Crippen LogP contribution in [-0.2, 0) is 16.4 Å². The van der Waals surface area contributed by atoms with Gasteiger partial charge in [-0.1, -0.05) is 18.2 Å². The molecule has 4 rings (SSSR count). The number of hydrogen-bond donors (Lipinski definition) is 1. The van der Waals surface area contributed by atoms with Crippen molar-refractivity contribution in [1.29, 1.82) is 0 Å². The number of rotatable bonds is 4. The molecule has 1 aromatic heterocycles. The standard InChI is InChI=1S/C20H19N3O4S/c1-13-5-3-4-6-16(13)21-19(24)18-17(14-7-9-15(27-2)10-8-14)22-20-23(18)11-12-28(20,25)26/h3-10H,11-12H2,1-2H3,(H,21,24). The Hall–Kier alpha value is -3.13. The number of fused-ring (bicyclic) bond motifs is 1. The Balaban J connectivity index is 1.83. The van der Waals surface area contributed by atoms with Crippen molar-refractivity contribution in [3.05, 3.63) is 59.8 Å². The number of hydrogen-bond acceptors (Lipinski definition) is 5. The zero-order valence-electron chi connectivity index (χ0n) is 15.5. The maximum atomic E-state index is 13.1. The Morgan fingerprint density at radius 1 is 1.14 bits per heavy atom. The number of benzene rings is 2. The molecule has 8 heteroatoms. The number of aromatic nitrogens is 2. The van der Waals surface area contributed by atoms with Gasteiger partial charge in [0.2, 0.25) is 15.0 Å². The number of imidazole rings is 1. The minimum absolute atomic E-state index is 0.0527. The first-order valence-corrected chi connectivity index (χ1v) is 10.4. The molecule has 7 nitrogen and oxygen atoms in total. The van der Waals surface area contributed by atoms with Crippen molar-refractivity contribution in [3.8, 4) is 17.0 Å². The Morgan fingerprint density at radius 3 is 2.54 bits per heavy atom. The van der Waals surface area contributed by atoms with Crippen LogP contribution in [0.1, 0.15) is 16.1 Å². The van der Waals surface area contributed by atoms with E-state index < -0.39 is 15.7 Å². The van der Waals surface area contributed by atoms with Gasteiger partial charge in [-0.15, -0.1) is 0 Å². The molecule has 2 aromatic carbocycles. The van der Waals surface area contributed by atoms with Crippen LogP contribution in [0.5, 0.6) is 5.75 Å². The summed E-state index contributed by atoms with van der Waals surface area (Å²) in [6, 6.07) is 14.4. The molecule has 28 heavy (non-hydrogen) atoms. The third kappa shape index (κ3) is 3.05. The van der Waals surface area contributed by atoms with E-state index in [4.69, 9.17) is 4.74 Å². The first kappa shape index (κ1) is 18.2. The fourth-order valence-electron chi connectivity index (χ4n) is 3.25. The van der Waals surface area contributed by atoms with Crippen molar-refractivity contribution < 1.29 is 17.9 Å². The number of anilines is 1. The van der Waals surface area contributed by atoms with Crippen molar-refractivity contribution in [3.63, 3.8) is 0 Å². The molecule has 1 N–H and O–H groups in total. The monoisotopic (exact) mass is 397 g/mol. The number of methoxy groups -OCH3 is 1. The zero-order valence-corrected chi connectivity index (χ0v) is 16.3. The van der Waals surface area contributed by atoms with Crippen molar-refractivity contribution in [1.82, 2.24) is 9.55 Å². The van der Waals surface area contributed by atoms with Crippen LogP contribution in [0.2, 0.25) is 0 Å². The third-order valence-corrected chi connectivity index (χ3v) is 6.35. The first-order valence-electron chi connectivity index (χ1n) is 8.75. The molecule has 0 atom stereocenters. The van der Waals surface area contributed by atoms with Crippen LogP contribution in [0.25, 0.3) is 11.3 Å². The van der Waals surface area contributed by atoms with E-state index >= 15 is 0 Å². The summed E-state index contributed by atoms with van der Waals surface area (Å²) in [4.78, 5) is 17.5. The molecule has 1 aliphatic rings. The lowest BCUT2D eigenvalue weighted by Crippen LogP contribution is -2.18. The van der Waals surface area contributed by atoms with Gasteiger partial charge < -0.3 is 14.6 Å². The molecular weight excluding hydrogens is 378 g/mol. The summed E-state index contributed by atoms with van der Waals surface area (Å²) in [6.07, 6.45) is 0. The van der Waals surface area contributed by atoms with Crippen molar-refractivity contribution >= 4 is 21.4 Å². The van der Waals surface area contributed by atoms with Crippen LogP contribution in [0.4, 0.5) is 5.69 Å². The lowest BCUT2D eigenvalue weighted by Gasteiger charge is -2.11. The van der Waals surface area contributed by atoms with Gasteiger partial charge in [-0.2, -0.15) is 0 Å². The number of aryl methyl sites for hydroxylation is 1. The molecule has 0 aliphatic carbocycles. The SMILES string of the molecule is COc1ccc(-c2nc3n(c2C(=O)Nc2ccccc2C)CCS3(=O)=O)cc1. The van der Waals surface area contributed by atoms with Crippen molar-refractivity contribution in [2.24, 2.45) is 0 Å². The summed E-state index contributed by atoms with van der Waals surface area (Å²) in [5, 5.41) is 2.82. The van der Waals surface area contributed by atoms with Gasteiger partial charge in [-0.25, -0.2) is 13.4 Å². The maximum absolute atomic E-state index is 13.1. The molecule has 1 aliphatic heterocycles. The Kier molecular flexibility index (Phi) is 4.43. The predicted octanol–water partition coefficient (Wildman–Crippen LogP) is 2.91. The number of carbonyl (C=O) groups excluding carboxylic acids is 1. The zero-order chi connectivity index (χ0) is 19.9. The number of nitrogens with zero attached hydrogens (tertiary/aromatic N) is 2. The molecule has 2 heterocycles. The van der Waals surface area contributed by atoms with Gasteiger partial charge >= 0.3 is 0 Å². The highest BCUT2D eigenvalue weighted by molar-refractivity contribution is 7.91. The molecule has 0 saturated carbocycles. The Bertz CT molecular complexity index is 1160. The van der Waals surface area contributed by atoms with Crippen molar-refractivity contribution in [2.75, 3.05) is 18.2 Å². The van der Waals surface area contributed by atoms with Gasteiger partial charge in [0.15, 0.2) is 0 Å². The van der Waals surface area contributed by atoms with Gasteiger partial charge in [0, 0.05) is 17.8 Å². The Labute approximate surface area is 162 Å². The largest absolute Gasteiger partial charge is 0.497 e. The number of nitrogens with one attached hydrogen (secondary N) is 1. The summed E-state index contributed by atoms with van der Waals surface area (Å²) >= 11 is 0. The van der Waals surface area contributed by atoms with Crippen LogP contribution >= 0.6 is 0 Å². The second-order valence-corrected chi connectivity index (χ2v) is 8.56.